The van der Waals surface area contributed by atoms with Crippen molar-refractivity contribution in [3.05, 3.63) is 39.5 Å². The van der Waals surface area contributed by atoms with Crippen LogP contribution in [0.1, 0.15) is 10.6 Å². The van der Waals surface area contributed by atoms with Crippen molar-refractivity contribution in [1.82, 2.24) is 9.97 Å². The lowest BCUT2D eigenvalue weighted by Gasteiger charge is -2.01. The van der Waals surface area contributed by atoms with Gasteiger partial charge < -0.3 is 4.98 Å². The van der Waals surface area contributed by atoms with Crippen molar-refractivity contribution in [2.45, 2.75) is 0 Å². The molecule has 1 aromatic heterocycles. The number of hydrogen-bond donors (Lipinski definition) is 1. The summed E-state index contributed by atoms with van der Waals surface area (Å²) in [6.07, 6.45) is 0.571. The van der Waals surface area contributed by atoms with Gasteiger partial charge in [0.15, 0.2) is 12.1 Å². The summed E-state index contributed by atoms with van der Waals surface area (Å²) < 4.78 is 13.6. The standard InChI is InChI=1S/C10H5BrClFN2O/c11-10-9(14-8(4-16)15-10)6-3-5(13)1-2-7(6)12/h1-4H,(H,14,15). The van der Waals surface area contributed by atoms with E-state index in [1.165, 1.54) is 18.2 Å². The van der Waals surface area contributed by atoms with E-state index in [9.17, 15) is 9.18 Å². The first-order chi connectivity index (χ1) is 7.61. The van der Waals surface area contributed by atoms with Crippen LogP contribution in [0.3, 0.4) is 0 Å². The first-order valence-electron chi connectivity index (χ1n) is 4.28. The molecular weight excluding hydrogens is 298 g/mol. The molecule has 0 spiro atoms. The Morgan fingerprint density at radius 2 is 2.25 bits per heavy atom. The topological polar surface area (TPSA) is 45.8 Å². The second-order valence-electron chi connectivity index (χ2n) is 3.03. The van der Waals surface area contributed by atoms with Gasteiger partial charge in [0.05, 0.1) is 5.02 Å². The first-order valence-corrected chi connectivity index (χ1v) is 5.45. The number of carbonyl (C=O) groups is 1. The van der Waals surface area contributed by atoms with Crippen molar-refractivity contribution in [1.29, 1.82) is 0 Å². The Hall–Kier alpha value is -1.20. The van der Waals surface area contributed by atoms with Gasteiger partial charge in [0.25, 0.3) is 0 Å². The molecule has 0 atom stereocenters. The van der Waals surface area contributed by atoms with Crippen molar-refractivity contribution in [2.24, 2.45) is 0 Å². The van der Waals surface area contributed by atoms with Crippen LogP contribution < -0.4 is 0 Å². The van der Waals surface area contributed by atoms with Gasteiger partial charge in [-0.2, -0.15) is 0 Å². The molecule has 0 bridgehead atoms. The minimum Gasteiger partial charge on any atom is -0.330 e. The molecule has 1 heterocycles. The van der Waals surface area contributed by atoms with Gasteiger partial charge in [0, 0.05) is 5.56 Å². The number of aldehydes is 1. The zero-order valence-corrected chi connectivity index (χ0v) is 10.1. The molecule has 0 aliphatic rings. The maximum absolute atomic E-state index is 13.1. The van der Waals surface area contributed by atoms with E-state index in [2.05, 4.69) is 25.9 Å². The van der Waals surface area contributed by atoms with Gasteiger partial charge in [-0.15, -0.1) is 0 Å². The second-order valence-corrected chi connectivity index (χ2v) is 4.23. The van der Waals surface area contributed by atoms with Crippen LogP contribution in [0.4, 0.5) is 4.39 Å². The van der Waals surface area contributed by atoms with Crippen molar-refractivity contribution in [3.63, 3.8) is 0 Å². The number of benzene rings is 1. The normalized spacial score (nSPS) is 10.4. The minimum absolute atomic E-state index is 0.155. The Bertz CT molecular complexity index is 556. The number of aromatic nitrogens is 2. The van der Waals surface area contributed by atoms with Crippen LogP contribution in [0.25, 0.3) is 11.3 Å². The molecule has 0 aliphatic heterocycles. The van der Waals surface area contributed by atoms with Crippen LogP contribution in [-0.4, -0.2) is 16.3 Å². The lowest BCUT2D eigenvalue weighted by molar-refractivity contribution is 0.111. The van der Waals surface area contributed by atoms with Crippen LogP contribution >= 0.6 is 27.5 Å². The maximum atomic E-state index is 13.1. The SMILES string of the molecule is O=Cc1nc(-c2cc(F)ccc2Cl)c(Br)[nH]1. The van der Waals surface area contributed by atoms with Crippen molar-refractivity contribution in [3.8, 4) is 11.3 Å². The number of rotatable bonds is 2. The largest absolute Gasteiger partial charge is 0.330 e. The molecule has 0 fully saturated rings. The van der Waals surface area contributed by atoms with E-state index < -0.39 is 5.82 Å². The number of aromatic amines is 1. The summed E-state index contributed by atoms with van der Waals surface area (Å²) in [7, 11) is 0. The van der Waals surface area contributed by atoms with Crippen LogP contribution in [0, 0.1) is 5.82 Å². The smallest absolute Gasteiger partial charge is 0.185 e. The molecule has 2 rings (SSSR count). The summed E-state index contributed by atoms with van der Waals surface area (Å²) >= 11 is 9.12. The predicted octanol–water partition coefficient (Wildman–Crippen LogP) is 3.44. The summed E-state index contributed by atoms with van der Waals surface area (Å²) in [6, 6.07) is 3.96. The average molecular weight is 304 g/mol. The molecule has 82 valence electrons. The average Bonchev–Trinajstić information content (AvgIpc) is 2.63. The highest BCUT2D eigenvalue weighted by Gasteiger charge is 2.13. The summed E-state index contributed by atoms with van der Waals surface area (Å²) in [5.41, 5.74) is 0.837. The molecule has 1 aromatic carbocycles. The third-order valence-electron chi connectivity index (χ3n) is 1.97. The molecule has 0 saturated heterocycles. The number of imidazole rings is 1. The zero-order valence-electron chi connectivity index (χ0n) is 7.80. The van der Waals surface area contributed by atoms with E-state index in [1.54, 1.807) is 0 Å². The lowest BCUT2D eigenvalue weighted by atomic mass is 10.1. The molecule has 0 unspecified atom stereocenters. The van der Waals surface area contributed by atoms with E-state index in [1.807, 2.05) is 0 Å². The molecule has 0 saturated carbocycles. The Morgan fingerprint density at radius 3 is 2.88 bits per heavy atom. The van der Waals surface area contributed by atoms with Crippen molar-refractivity contribution >= 4 is 33.8 Å². The number of hydrogen-bond acceptors (Lipinski definition) is 2. The van der Waals surface area contributed by atoms with E-state index in [-0.39, 0.29) is 5.82 Å². The molecule has 2 aromatic rings. The van der Waals surface area contributed by atoms with Crippen molar-refractivity contribution in [2.75, 3.05) is 0 Å². The van der Waals surface area contributed by atoms with Gasteiger partial charge >= 0.3 is 0 Å². The molecule has 1 N–H and O–H groups in total. The fourth-order valence-electron chi connectivity index (χ4n) is 1.28. The summed E-state index contributed by atoms with van der Waals surface area (Å²) in [4.78, 5) is 17.2. The van der Waals surface area contributed by atoms with E-state index >= 15 is 0 Å². The predicted molar refractivity (Wildman–Crippen MR) is 62.1 cm³/mol. The summed E-state index contributed by atoms with van der Waals surface area (Å²) in [6.45, 7) is 0. The molecule has 0 aliphatic carbocycles. The van der Waals surface area contributed by atoms with Crippen LogP contribution in [0.2, 0.25) is 5.02 Å². The highest BCUT2D eigenvalue weighted by atomic mass is 79.9. The zero-order chi connectivity index (χ0) is 11.7. The summed E-state index contributed by atoms with van der Waals surface area (Å²) in [5.74, 6) is -0.260. The lowest BCUT2D eigenvalue weighted by Crippen LogP contribution is -1.84. The Morgan fingerprint density at radius 1 is 1.50 bits per heavy atom. The van der Waals surface area contributed by atoms with Crippen LogP contribution in [-0.2, 0) is 0 Å². The van der Waals surface area contributed by atoms with Gasteiger partial charge in [0.1, 0.15) is 16.1 Å². The van der Waals surface area contributed by atoms with Crippen molar-refractivity contribution < 1.29 is 9.18 Å². The molecular formula is C10H5BrClFN2O. The number of nitrogens with zero attached hydrogens (tertiary/aromatic N) is 1. The maximum Gasteiger partial charge on any atom is 0.185 e. The molecule has 0 radical (unpaired) electrons. The van der Waals surface area contributed by atoms with Gasteiger partial charge in [-0.05, 0) is 34.1 Å². The number of H-pyrrole nitrogens is 1. The molecule has 6 heteroatoms. The minimum atomic E-state index is -0.415. The second kappa shape index (κ2) is 4.35. The van der Waals surface area contributed by atoms with Gasteiger partial charge in [-0.3, -0.25) is 4.79 Å². The van der Waals surface area contributed by atoms with Gasteiger partial charge in [0.2, 0.25) is 0 Å². The van der Waals surface area contributed by atoms with E-state index in [4.69, 9.17) is 11.6 Å². The monoisotopic (exact) mass is 302 g/mol. The molecule has 3 nitrogen and oxygen atoms in total. The fraction of sp³-hybridized carbons (Fsp3) is 0. The number of carbonyl (C=O) groups excluding carboxylic acids is 1. The molecule has 16 heavy (non-hydrogen) atoms. The Labute approximate surface area is 104 Å². The van der Waals surface area contributed by atoms with E-state index in [0.717, 1.165) is 0 Å². The number of halogens is 3. The quantitative estimate of drug-likeness (QED) is 0.864. The van der Waals surface area contributed by atoms with E-state index in [0.29, 0.717) is 27.2 Å². The first kappa shape index (κ1) is 11.3. The number of nitrogens with one attached hydrogen (secondary N) is 1. The Kier molecular flexibility index (Phi) is 3.07. The third kappa shape index (κ3) is 2.01. The molecule has 0 amide bonds. The Balaban J connectivity index is 2.61. The van der Waals surface area contributed by atoms with Crippen LogP contribution in [0.15, 0.2) is 22.8 Å². The fourth-order valence-corrected chi connectivity index (χ4v) is 1.99. The van der Waals surface area contributed by atoms with Gasteiger partial charge in [-0.25, -0.2) is 9.37 Å². The van der Waals surface area contributed by atoms with Gasteiger partial charge in [-0.1, -0.05) is 11.6 Å². The summed E-state index contributed by atoms with van der Waals surface area (Å²) in [5, 5.41) is 0.367. The van der Waals surface area contributed by atoms with Crippen LogP contribution in [0.5, 0.6) is 0 Å². The highest BCUT2D eigenvalue weighted by molar-refractivity contribution is 9.10. The highest BCUT2D eigenvalue weighted by Crippen LogP contribution is 2.31. The third-order valence-corrected chi connectivity index (χ3v) is 2.88.